The quantitative estimate of drug-likeness (QED) is 0.724. The molecule has 1 heterocycles. The molecule has 0 amide bonds. The molecular formula is C23H29NO7. The second-order valence-electron chi connectivity index (χ2n) is 6.22. The number of aliphatic imine (C=N–C) groups is 1. The summed E-state index contributed by atoms with van der Waals surface area (Å²) in [6, 6.07) is 7.06. The monoisotopic (exact) mass is 431 g/mol. The average molecular weight is 431 g/mol. The van der Waals surface area contributed by atoms with Crippen LogP contribution in [0.4, 0.5) is 0 Å². The van der Waals surface area contributed by atoms with Crippen molar-refractivity contribution in [2.24, 2.45) is 4.99 Å². The molecule has 0 unspecified atom stereocenters. The first-order chi connectivity index (χ1) is 15.1. The van der Waals surface area contributed by atoms with Crippen LogP contribution in [-0.2, 0) is 0 Å². The summed E-state index contributed by atoms with van der Waals surface area (Å²) in [5.41, 5.74) is 3.09. The first kappa shape index (κ1) is 23.9. The van der Waals surface area contributed by atoms with Gasteiger partial charge in [-0.15, -0.1) is 0 Å². The SMILES string of the molecule is CCN=C1C=C(c2ccc(OC)c(O)c2)c2cc(OC)c(OC)c(OC)c2OC1.CO. The summed E-state index contributed by atoms with van der Waals surface area (Å²) in [7, 11) is 7.17. The highest BCUT2D eigenvalue weighted by molar-refractivity contribution is 6.07. The number of phenols is 1. The summed E-state index contributed by atoms with van der Waals surface area (Å²) in [6.07, 6.45) is 1.95. The molecule has 0 fully saturated rings. The zero-order chi connectivity index (χ0) is 23.0. The molecule has 2 N–H and O–H groups in total. The molecule has 2 aromatic carbocycles. The smallest absolute Gasteiger partial charge is 0.207 e. The number of methoxy groups -OCH3 is 4. The topological polar surface area (TPSA) is 99.0 Å². The summed E-state index contributed by atoms with van der Waals surface area (Å²) in [6.45, 7) is 2.86. The van der Waals surface area contributed by atoms with E-state index in [0.717, 1.165) is 29.5 Å². The molecule has 0 aliphatic carbocycles. The zero-order valence-electron chi connectivity index (χ0n) is 18.7. The van der Waals surface area contributed by atoms with Gasteiger partial charge in [0.05, 0.1) is 34.2 Å². The molecule has 0 bridgehead atoms. The number of benzene rings is 2. The number of fused-ring (bicyclic) bond motifs is 1. The number of rotatable bonds is 6. The van der Waals surface area contributed by atoms with Gasteiger partial charge in [-0.2, -0.15) is 0 Å². The summed E-state index contributed by atoms with van der Waals surface area (Å²) in [5, 5.41) is 17.3. The third-order valence-electron chi connectivity index (χ3n) is 4.60. The Morgan fingerprint density at radius 1 is 0.935 bits per heavy atom. The van der Waals surface area contributed by atoms with E-state index >= 15 is 0 Å². The predicted octanol–water partition coefficient (Wildman–Crippen LogP) is 3.32. The van der Waals surface area contributed by atoms with Gasteiger partial charge in [0.1, 0.15) is 6.61 Å². The van der Waals surface area contributed by atoms with Crippen molar-refractivity contribution in [3.05, 3.63) is 41.5 Å². The van der Waals surface area contributed by atoms with Crippen LogP contribution in [0.5, 0.6) is 34.5 Å². The van der Waals surface area contributed by atoms with Gasteiger partial charge in [-0.1, -0.05) is 6.07 Å². The van der Waals surface area contributed by atoms with E-state index in [0.29, 0.717) is 35.3 Å². The van der Waals surface area contributed by atoms with E-state index in [1.54, 1.807) is 33.5 Å². The highest BCUT2D eigenvalue weighted by Gasteiger charge is 2.27. The van der Waals surface area contributed by atoms with E-state index in [4.69, 9.17) is 28.8 Å². The van der Waals surface area contributed by atoms with Crippen LogP contribution in [0.3, 0.4) is 0 Å². The van der Waals surface area contributed by atoms with Gasteiger partial charge in [0.25, 0.3) is 0 Å². The van der Waals surface area contributed by atoms with Gasteiger partial charge in [-0.3, -0.25) is 4.99 Å². The maximum absolute atomic E-state index is 10.3. The molecule has 8 nitrogen and oxygen atoms in total. The van der Waals surface area contributed by atoms with E-state index in [9.17, 15) is 5.11 Å². The second kappa shape index (κ2) is 11.1. The van der Waals surface area contributed by atoms with Crippen LogP contribution in [0.25, 0.3) is 5.57 Å². The number of aliphatic hydroxyl groups is 1. The number of aliphatic hydroxyl groups excluding tert-OH is 1. The van der Waals surface area contributed by atoms with Crippen molar-refractivity contribution in [2.75, 3.05) is 48.7 Å². The Kier molecular flexibility index (Phi) is 8.57. The lowest BCUT2D eigenvalue weighted by Gasteiger charge is -2.19. The van der Waals surface area contributed by atoms with E-state index in [-0.39, 0.29) is 12.4 Å². The first-order valence-corrected chi connectivity index (χ1v) is 9.61. The van der Waals surface area contributed by atoms with Crippen LogP contribution in [0.15, 0.2) is 35.3 Å². The molecular weight excluding hydrogens is 402 g/mol. The van der Waals surface area contributed by atoms with Crippen LogP contribution in [0, 0.1) is 0 Å². The fourth-order valence-electron chi connectivity index (χ4n) is 3.30. The highest BCUT2D eigenvalue weighted by atomic mass is 16.5. The molecule has 0 saturated heterocycles. The van der Waals surface area contributed by atoms with Gasteiger partial charge in [0.2, 0.25) is 11.5 Å². The van der Waals surface area contributed by atoms with Crippen LogP contribution in [-0.4, -0.2) is 64.6 Å². The fourth-order valence-corrected chi connectivity index (χ4v) is 3.30. The number of hydrogen-bond donors (Lipinski definition) is 2. The van der Waals surface area contributed by atoms with E-state index < -0.39 is 0 Å². The Morgan fingerprint density at radius 3 is 2.16 bits per heavy atom. The zero-order valence-corrected chi connectivity index (χ0v) is 18.7. The molecule has 1 aliphatic heterocycles. The van der Waals surface area contributed by atoms with Crippen molar-refractivity contribution in [1.82, 2.24) is 0 Å². The first-order valence-electron chi connectivity index (χ1n) is 9.61. The Morgan fingerprint density at radius 2 is 1.61 bits per heavy atom. The molecule has 0 spiro atoms. The molecule has 3 rings (SSSR count). The summed E-state index contributed by atoms with van der Waals surface area (Å²) < 4.78 is 27.9. The van der Waals surface area contributed by atoms with Crippen molar-refractivity contribution in [3.8, 4) is 34.5 Å². The highest BCUT2D eigenvalue weighted by Crippen LogP contribution is 2.50. The van der Waals surface area contributed by atoms with E-state index in [1.165, 1.54) is 7.11 Å². The number of nitrogens with zero attached hydrogens (tertiary/aromatic N) is 1. The van der Waals surface area contributed by atoms with E-state index in [2.05, 4.69) is 4.99 Å². The molecule has 168 valence electrons. The number of hydrogen-bond acceptors (Lipinski definition) is 8. The maximum atomic E-state index is 10.3. The molecule has 0 atom stereocenters. The summed E-state index contributed by atoms with van der Waals surface area (Å²) >= 11 is 0. The third kappa shape index (κ3) is 4.86. The Hall–Kier alpha value is -3.39. The number of phenolic OH excluding ortho intramolecular Hbond substituents is 1. The standard InChI is InChI=1S/C22H25NO6.CH4O/c1-6-23-14-10-15(13-7-8-18(25-2)17(24)9-13)16-11-19(26-3)21(27-4)22(28-5)20(16)29-12-14;1-2/h7-11,24H,6,12H2,1-5H3;2H,1H3. The molecule has 1 aliphatic rings. The van der Waals surface area contributed by atoms with Crippen molar-refractivity contribution in [3.63, 3.8) is 0 Å². The molecule has 8 heteroatoms. The molecule has 0 saturated carbocycles. The van der Waals surface area contributed by atoms with Crippen molar-refractivity contribution in [2.45, 2.75) is 6.92 Å². The summed E-state index contributed by atoms with van der Waals surface area (Å²) in [5.74, 6) is 2.34. The molecule has 0 aromatic heterocycles. The normalized spacial score (nSPS) is 13.6. The minimum Gasteiger partial charge on any atom is -0.504 e. The van der Waals surface area contributed by atoms with Gasteiger partial charge in [-0.05, 0) is 42.3 Å². The Bertz CT molecular complexity index is 967. The summed E-state index contributed by atoms with van der Waals surface area (Å²) in [4.78, 5) is 4.52. The fraction of sp³-hybridized carbons (Fsp3) is 0.348. The van der Waals surface area contributed by atoms with Crippen LogP contribution in [0.2, 0.25) is 0 Å². The van der Waals surface area contributed by atoms with Crippen LogP contribution >= 0.6 is 0 Å². The van der Waals surface area contributed by atoms with Gasteiger partial charge in [0.15, 0.2) is 23.0 Å². The van der Waals surface area contributed by atoms with E-state index in [1.807, 2.05) is 25.1 Å². The minimum atomic E-state index is 0.0408. The minimum absolute atomic E-state index is 0.0408. The molecule has 31 heavy (non-hydrogen) atoms. The van der Waals surface area contributed by atoms with Crippen molar-refractivity contribution in [1.29, 1.82) is 0 Å². The Balaban J connectivity index is 0.00000166. The molecule has 0 radical (unpaired) electrons. The second-order valence-corrected chi connectivity index (χ2v) is 6.22. The number of ether oxygens (including phenoxy) is 5. The lowest BCUT2D eigenvalue weighted by molar-refractivity contribution is 0.298. The largest absolute Gasteiger partial charge is 0.504 e. The lowest BCUT2D eigenvalue weighted by Crippen LogP contribution is -2.09. The maximum Gasteiger partial charge on any atom is 0.207 e. The van der Waals surface area contributed by atoms with Gasteiger partial charge >= 0.3 is 0 Å². The molecule has 2 aromatic rings. The lowest BCUT2D eigenvalue weighted by atomic mass is 9.95. The Labute approximate surface area is 182 Å². The van der Waals surface area contributed by atoms with Crippen LogP contribution < -0.4 is 23.7 Å². The predicted molar refractivity (Wildman–Crippen MR) is 119 cm³/mol. The van der Waals surface area contributed by atoms with Crippen molar-refractivity contribution < 1.29 is 33.9 Å². The van der Waals surface area contributed by atoms with Gasteiger partial charge in [-0.25, -0.2) is 0 Å². The third-order valence-corrected chi connectivity index (χ3v) is 4.60. The number of aromatic hydroxyl groups is 1. The average Bonchev–Trinajstić information content (AvgIpc) is 2.98. The van der Waals surface area contributed by atoms with Crippen LogP contribution in [0.1, 0.15) is 18.1 Å². The van der Waals surface area contributed by atoms with Gasteiger partial charge in [0, 0.05) is 19.2 Å². The van der Waals surface area contributed by atoms with Crippen molar-refractivity contribution >= 4 is 11.3 Å². The van der Waals surface area contributed by atoms with Gasteiger partial charge < -0.3 is 33.9 Å².